The van der Waals surface area contributed by atoms with E-state index in [2.05, 4.69) is 10.0 Å². The highest BCUT2D eigenvalue weighted by molar-refractivity contribution is 7.89. The molecule has 152 valence electrons. The molecule has 0 spiro atoms. The number of carboxylic acids is 2. The Morgan fingerprint density at radius 1 is 1.07 bits per heavy atom. The van der Waals surface area contributed by atoms with Crippen LogP contribution in [0.5, 0.6) is 5.75 Å². The predicted octanol–water partition coefficient (Wildman–Crippen LogP) is 0.906. The Hall–Kier alpha value is -2.17. The lowest BCUT2D eigenvalue weighted by atomic mass is 10.0. The maximum Gasteiger partial charge on any atom is 0.320 e. The summed E-state index contributed by atoms with van der Waals surface area (Å²) in [6.45, 7) is 3.50. The van der Waals surface area contributed by atoms with Gasteiger partial charge in [-0.1, -0.05) is 13.8 Å². The van der Waals surface area contributed by atoms with Gasteiger partial charge in [-0.15, -0.1) is 0 Å². The van der Waals surface area contributed by atoms with Gasteiger partial charge in [0.2, 0.25) is 10.0 Å². The summed E-state index contributed by atoms with van der Waals surface area (Å²) in [5, 5.41) is 21.1. The van der Waals surface area contributed by atoms with Crippen molar-refractivity contribution in [2.45, 2.75) is 43.7 Å². The van der Waals surface area contributed by atoms with Crippen molar-refractivity contribution in [2.24, 2.45) is 5.92 Å². The lowest BCUT2D eigenvalue weighted by molar-refractivity contribution is -0.143. The van der Waals surface area contributed by atoms with Crippen molar-refractivity contribution in [3.05, 3.63) is 24.3 Å². The fraction of sp³-hybridized carbons (Fsp3) is 0.529. The zero-order valence-corrected chi connectivity index (χ0v) is 16.3. The van der Waals surface area contributed by atoms with Crippen molar-refractivity contribution in [3.63, 3.8) is 0 Å². The molecule has 2 unspecified atom stereocenters. The van der Waals surface area contributed by atoms with Gasteiger partial charge in [0, 0.05) is 6.54 Å². The number of hydrogen-bond donors (Lipinski definition) is 4. The van der Waals surface area contributed by atoms with Crippen LogP contribution in [0.15, 0.2) is 29.2 Å². The predicted molar refractivity (Wildman–Crippen MR) is 98.2 cm³/mol. The third-order valence-corrected chi connectivity index (χ3v) is 5.28. The normalized spacial score (nSPS) is 13.9. The molecular formula is C17H26N2O7S. The maximum absolute atomic E-state index is 12.2. The fourth-order valence-electron chi connectivity index (χ4n) is 2.41. The van der Waals surface area contributed by atoms with Gasteiger partial charge in [-0.25, -0.2) is 13.1 Å². The molecule has 4 N–H and O–H groups in total. The molecule has 2 atom stereocenters. The summed E-state index contributed by atoms with van der Waals surface area (Å²) in [7, 11) is -2.35. The summed E-state index contributed by atoms with van der Waals surface area (Å²) < 4.78 is 31.8. The Kier molecular flexibility index (Phi) is 8.67. The molecule has 1 aromatic rings. The monoisotopic (exact) mass is 402 g/mol. The van der Waals surface area contributed by atoms with E-state index in [1.165, 1.54) is 31.4 Å². The topological polar surface area (TPSA) is 142 Å². The number of sulfonamides is 1. The van der Waals surface area contributed by atoms with Gasteiger partial charge in [-0.05, 0) is 43.0 Å². The summed E-state index contributed by atoms with van der Waals surface area (Å²) in [6, 6.07) is 3.53. The van der Waals surface area contributed by atoms with E-state index in [0.717, 1.165) is 0 Å². The van der Waals surface area contributed by atoms with Gasteiger partial charge in [0.05, 0.1) is 12.0 Å². The molecule has 0 aliphatic heterocycles. The van der Waals surface area contributed by atoms with Crippen molar-refractivity contribution in [1.29, 1.82) is 0 Å². The van der Waals surface area contributed by atoms with Crippen LogP contribution in [-0.4, -0.2) is 56.3 Å². The molecule has 0 fully saturated rings. The van der Waals surface area contributed by atoms with Gasteiger partial charge in [-0.3, -0.25) is 14.9 Å². The Labute approximate surface area is 158 Å². The number of ether oxygens (including phenoxy) is 1. The molecular weight excluding hydrogens is 376 g/mol. The minimum atomic E-state index is -3.81. The molecule has 0 saturated heterocycles. The first-order chi connectivity index (χ1) is 12.6. The molecule has 0 aromatic heterocycles. The highest BCUT2D eigenvalue weighted by Gasteiger charge is 2.27. The number of hydrogen-bond acceptors (Lipinski definition) is 6. The molecule has 9 nitrogen and oxygen atoms in total. The van der Waals surface area contributed by atoms with Gasteiger partial charge in [0.1, 0.15) is 17.8 Å². The molecule has 0 heterocycles. The van der Waals surface area contributed by atoms with Gasteiger partial charge >= 0.3 is 11.9 Å². The minimum Gasteiger partial charge on any atom is -0.497 e. The summed E-state index contributed by atoms with van der Waals surface area (Å²) in [5.74, 6) is -1.82. The van der Waals surface area contributed by atoms with Gasteiger partial charge < -0.3 is 14.9 Å². The van der Waals surface area contributed by atoms with Crippen molar-refractivity contribution in [3.8, 4) is 5.75 Å². The van der Waals surface area contributed by atoms with E-state index < -0.39 is 34.0 Å². The second kappa shape index (κ2) is 10.2. The largest absolute Gasteiger partial charge is 0.497 e. The highest BCUT2D eigenvalue weighted by Crippen LogP contribution is 2.15. The van der Waals surface area contributed by atoms with Crippen LogP contribution >= 0.6 is 0 Å². The quantitative estimate of drug-likeness (QED) is 0.404. The number of methoxy groups -OCH3 is 1. The first-order valence-corrected chi connectivity index (χ1v) is 9.90. The standard InChI is InChI=1S/C17H26N2O7S/c1-11(2)10-15(17(22)23)19-14(16(20)21)8-9-18-27(24,25)13-6-4-12(26-3)5-7-13/h4-7,11,14-15,18-19H,8-10H2,1-3H3,(H,20,21)(H,22,23). The molecule has 1 rings (SSSR count). The fourth-order valence-corrected chi connectivity index (χ4v) is 3.46. The SMILES string of the molecule is COc1ccc(S(=O)(=O)NCCC(NC(CC(C)C)C(=O)O)C(=O)O)cc1. The van der Waals surface area contributed by atoms with Crippen molar-refractivity contribution in [2.75, 3.05) is 13.7 Å². The molecule has 0 amide bonds. The van der Waals surface area contributed by atoms with E-state index in [1.807, 2.05) is 13.8 Å². The Bertz CT molecular complexity index is 732. The summed E-state index contributed by atoms with van der Waals surface area (Å²) in [6.07, 6.45) is 0.156. The van der Waals surface area contributed by atoms with Crippen LogP contribution in [0.3, 0.4) is 0 Å². The average Bonchev–Trinajstić information content (AvgIpc) is 2.59. The number of carboxylic acid groups (broad SMARTS) is 2. The molecule has 0 radical (unpaired) electrons. The molecule has 0 aliphatic rings. The van der Waals surface area contributed by atoms with E-state index in [4.69, 9.17) is 4.74 Å². The smallest absolute Gasteiger partial charge is 0.320 e. The second-order valence-electron chi connectivity index (χ2n) is 6.44. The van der Waals surface area contributed by atoms with Gasteiger partial charge in [-0.2, -0.15) is 0 Å². The summed E-state index contributed by atoms with van der Waals surface area (Å²) >= 11 is 0. The zero-order chi connectivity index (χ0) is 20.6. The first-order valence-electron chi connectivity index (χ1n) is 8.42. The molecule has 0 aliphatic carbocycles. The molecule has 0 saturated carbocycles. The Morgan fingerprint density at radius 2 is 1.63 bits per heavy atom. The third kappa shape index (κ3) is 7.53. The molecule has 0 bridgehead atoms. The van der Waals surface area contributed by atoms with E-state index in [1.54, 1.807) is 0 Å². The number of benzene rings is 1. The van der Waals surface area contributed by atoms with Crippen LogP contribution in [0.2, 0.25) is 0 Å². The zero-order valence-electron chi connectivity index (χ0n) is 15.5. The van der Waals surface area contributed by atoms with Crippen LogP contribution in [0.4, 0.5) is 0 Å². The third-order valence-electron chi connectivity index (χ3n) is 3.80. The van der Waals surface area contributed by atoms with Crippen LogP contribution in [0, 0.1) is 5.92 Å². The van der Waals surface area contributed by atoms with Crippen LogP contribution in [0.25, 0.3) is 0 Å². The Balaban J connectivity index is 2.70. The van der Waals surface area contributed by atoms with E-state index in [0.29, 0.717) is 5.75 Å². The summed E-state index contributed by atoms with van der Waals surface area (Å²) in [5.41, 5.74) is 0. The maximum atomic E-state index is 12.2. The van der Waals surface area contributed by atoms with Crippen LogP contribution < -0.4 is 14.8 Å². The Morgan fingerprint density at radius 3 is 2.07 bits per heavy atom. The van der Waals surface area contributed by atoms with E-state index in [9.17, 15) is 28.2 Å². The minimum absolute atomic E-state index is 0.0198. The van der Waals surface area contributed by atoms with Crippen molar-refractivity contribution >= 4 is 22.0 Å². The lowest BCUT2D eigenvalue weighted by Gasteiger charge is -2.21. The van der Waals surface area contributed by atoms with Crippen LogP contribution in [0.1, 0.15) is 26.7 Å². The molecule has 10 heteroatoms. The van der Waals surface area contributed by atoms with Crippen molar-refractivity contribution < 1.29 is 33.0 Å². The second-order valence-corrected chi connectivity index (χ2v) is 8.21. The van der Waals surface area contributed by atoms with E-state index >= 15 is 0 Å². The number of nitrogens with one attached hydrogen (secondary N) is 2. The average molecular weight is 402 g/mol. The number of carbonyl (C=O) groups is 2. The van der Waals surface area contributed by atoms with Gasteiger partial charge in [0.25, 0.3) is 0 Å². The highest BCUT2D eigenvalue weighted by atomic mass is 32.2. The van der Waals surface area contributed by atoms with Crippen molar-refractivity contribution in [1.82, 2.24) is 10.0 Å². The molecule has 1 aromatic carbocycles. The van der Waals surface area contributed by atoms with E-state index in [-0.39, 0.29) is 30.2 Å². The van der Waals surface area contributed by atoms with Gasteiger partial charge in [0.15, 0.2) is 0 Å². The number of rotatable bonds is 12. The number of aliphatic carboxylic acids is 2. The first kappa shape index (κ1) is 22.9. The molecule has 27 heavy (non-hydrogen) atoms. The summed E-state index contributed by atoms with van der Waals surface area (Å²) in [4.78, 5) is 22.7. The van der Waals surface area contributed by atoms with Crippen LogP contribution in [-0.2, 0) is 19.6 Å². The lowest BCUT2D eigenvalue weighted by Crippen LogP contribution is -2.48.